The number of nitrogens with one attached hydrogen (secondary N) is 2. The van der Waals surface area contributed by atoms with Gasteiger partial charge in [-0.2, -0.15) is 0 Å². The summed E-state index contributed by atoms with van der Waals surface area (Å²) in [6.07, 6.45) is 2.79. The van der Waals surface area contributed by atoms with E-state index in [1.54, 1.807) is 12.3 Å². The summed E-state index contributed by atoms with van der Waals surface area (Å²) in [6, 6.07) is 11.7. The van der Waals surface area contributed by atoms with Crippen LogP contribution in [0.2, 0.25) is 0 Å². The second-order valence-electron chi connectivity index (χ2n) is 6.63. The first-order valence-corrected chi connectivity index (χ1v) is 9.05. The standard InChI is InChI=1S/C21H24N4O2/c1-4-13(2)23-21-22-11-17-9-15(6-8-20(17)25-21)19-10-18(24-14(3)27)7-5-16(19)12-26/h5-11,13,26H,4,12H2,1-3H3,(H,24,27)(H,22,23,25). The lowest BCUT2D eigenvalue weighted by Gasteiger charge is -2.13. The van der Waals surface area contributed by atoms with Crippen molar-refractivity contribution in [2.75, 3.05) is 10.6 Å². The van der Waals surface area contributed by atoms with E-state index in [0.29, 0.717) is 17.7 Å². The zero-order chi connectivity index (χ0) is 19.4. The Bertz CT molecular complexity index is 972. The fourth-order valence-corrected chi connectivity index (χ4v) is 2.86. The number of hydrogen-bond donors (Lipinski definition) is 3. The Hall–Kier alpha value is -2.99. The van der Waals surface area contributed by atoms with Gasteiger partial charge >= 0.3 is 0 Å². The minimum absolute atomic E-state index is 0.0814. The Balaban J connectivity index is 1.99. The second kappa shape index (κ2) is 8.14. The van der Waals surface area contributed by atoms with Crippen LogP contribution in [0.1, 0.15) is 32.8 Å². The third-order valence-corrected chi connectivity index (χ3v) is 4.48. The molecule has 140 valence electrons. The summed E-state index contributed by atoms with van der Waals surface area (Å²) in [6.45, 7) is 5.59. The van der Waals surface area contributed by atoms with Crippen LogP contribution in [0.25, 0.3) is 22.0 Å². The van der Waals surface area contributed by atoms with Gasteiger partial charge in [0.2, 0.25) is 11.9 Å². The molecular weight excluding hydrogens is 340 g/mol. The summed E-state index contributed by atoms with van der Waals surface area (Å²) in [5.74, 6) is 0.485. The van der Waals surface area contributed by atoms with Crippen molar-refractivity contribution in [3.05, 3.63) is 48.2 Å². The second-order valence-corrected chi connectivity index (χ2v) is 6.63. The SMILES string of the molecule is CCC(C)Nc1ncc2cc(-c3cc(NC(C)=O)ccc3CO)ccc2n1. The smallest absolute Gasteiger partial charge is 0.223 e. The van der Waals surface area contributed by atoms with Crippen LogP contribution in [0, 0.1) is 0 Å². The van der Waals surface area contributed by atoms with Crippen molar-refractivity contribution < 1.29 is 9.90 Å². The number of carbonyl (C=O) groups excluding carboxylic acids is 1. The van der Waals surface area contributed by atoms with E-state index >= 15 is 0 Å². The van der Waals surface area contributed by atoms with E-state index in [9.17, 15) is 9.90 Å². The predicted molar refractivity (Wildman–Crippen MR) is 109 cm³/mol. The minimum atomic E-state index is -0.133. The van der Waals surface area contributed by atoms with Gasteiger partial charge in [0.25, 0.3) is 0 Å². The Kier molecular flexibility index (Phi) is 5.66. The lowest BCUT2D eigenvalue weighted by molar-refractivity contribution is -0.114. The fourth-order valence-electron chi connectivity index (χ4n) is 2.86. The molecule has 1 amide bonds. The van der Waals surface area contributed by atoms with Crippen molar-refractivity contribution in [1.82, 2.24) is 9.97 Å². The minimum Gasteiger partial charge on any atom is -0.392 e. The molecule has 6 nitrogen and oxygen atoms in total. The highest BCUT2D eigenvalue weighted by Crippen LogP contribution is 2.29. The maximum absolute atomic E-state index is 11.3. The molecule has 1 aromatic heterocycles. The number of rotatable bonds is 6. The maximum Gasteiger partial charge on any atom is 0.223 e. The first-order chi connectivity index (χ1) is 13.0. The first-order valence-electron chi connectivity index (χ1n) is 9.05. The molecule has 27 heavy (non-hydrogen) atoms. The zero-order valence-corrected chi connectivity index (χ0v) is 15.8. The molecule has 6 heteroatoms. The third kappa shape index (κ3) is 4.41. The molecule has 0 saturated heterocycles. The monoisotopic (exact) mass is 364 g/mol. The number of nitrogens with zero attached hydrogens (tertiary/aromatic N) is 2. The van der Waals surface area contributed by atoms with Crippen LogP contribution in [0.15, 0.2) is 42.6 Å². The number of carbonyl (C=O) groups is 1. The van der Waals surface area contributed by atoms with Gasteiger partial charge in [-0.25, -0.2) is 9.97 Å². The van der Waals surface area contributed by atoms with E-state index < -0.39 is 0 Å². The Morgan fingerprint density at radius 1 is 1.22 bits per heavy atom. The normalized spacial score (nSPS) is 12.0. The topological polar surface area (TPSA) is 87.1 Å². The number of hydrogen-bond acceptors (Lipinski definition) is 5. The van der Waals surface area contributed by atoms with Crippen LogP contribution in [0.4, 0.5) is 11.6 Å². The molecule has 3 N–H and O–H groups in total. The lowest BCUT2D eigenvalue weighted by atomic mass is 9.98. The highest BCUT2D eigenvalue weighted by atomic mass is 16.3. The fraction of sp³-hybridized carbons (Fsp3) is 0.286. The number of aliphatic hydroxyl groups excluding tert-OH is 1. The molecule has 0 spiro atoms. The molecule has 3 aromatic rings. The molecule has 0 aliphatic rings. The van der Waals surface area contributed by atoms with Gasteiger partial charge < -0.3 is 15.7 Å². The summed E-state index contributed by atoms with van der Waals surface area (Å²) >= 11 is 0. The van der Waals surface area contributed by atoms with Gasteiger partial charge in [0.05, 0.1) is 12.1 Å². The largest absolute Gasteiger partial charge is 0.392 e. The summed E-state index contributed by atoms with van der Waals surface area (Å²) < 4.78 is 0. The van der Waals surface area contributed by atoms with Crippen molar-refractivity contribution in [3.63, 3.8) is 0 Å². The summed E-state index contributed by atoms with van der Waals surface area (Å²) in [5, 5.41) is 16.7. The van der Waals surface area contributed by atoms with E-state index in [1.165, 1.54) is 6.92 Å². The summed E-state index contributed by atoms with van der Waals surface area (Å²) in [7, 11) is 0. The van der Waals surface area contributed by atoms with Gasteiger partial charge in [0.1, 0.15) is 0 Å². The molecule has 0 radical (unpaired) electrons. The van der Waals surface area contributed by atoms with Crippen LogP contribution in [0.5, 0.6) is 0 Å². The average Bonchev–Trinajstić information content (AvgIpc) is 2.67. The van der Waals surface area contributed by atoms with E-state index in [0.717, 1.165) is 34.0 Å². The Morgan fingerprint density at radius 2 is 2.04 bits per heavy atom. The molecule has 0 aliphatic heterocycles. The molecule has 1 atom stereocenters. The molecule has 3 rings (SSSR count). The van der Waals surface area contributed by atoms with Crippen LogP contribution in [0.3, 0.4) is 0 Å². The van der Waals surface area contributed by atoms with E-state index in [2.05, 4.69) is 34.4 Å². The van der Waals surface area contributed by atoms with Crippen LogP contribution < -0.4 is 10.6 Å². The molecule has 0 fully saturated rings. The number of anilines is 2. The average molecular weight is 364 g/mol. The van der Waals surface area contributed by atoms with E-state index in [4.69, 9.17) is 0 Å². The third-order valence-electron chi connectivity index (χ3n) is 4.48. The molecular formula is C21H24N4O2. The number of amides is 1. The number of benzene rings is 2. The van der Waals surface area contributed by atoms with Crippen molar-refractivity contribution in [1.29, 1.82) is 0 Å². The van der Waals surface area contributed by atoms with Gasteiger partial charge in [0.15, 0.2) is 0 Å². The molecule has 0 aliphatic carbocycles. The Morgan fingerprint density at radius 3 is 2.74 bits per heavy atom. The van der Waals surface area contributed by atoms with Gasteiger partial charge in [0, 0.05) is 30.2 Å². The van der Waals surface area contributed by atoms with E-state index in [1.807, 2.05) is 30.3 Å². The Labute approximate surface area is 158 Å². The maximum atomic E-state index is 11.3. The van der Waals surface area contributed by atoms with Crippen molar-refractivity contribution in [3.8, 4) is 11.1 Å². The summed E-state index contributed by atoms with van der Waals surface area (Å²) in [5.41, 5.74) is 4.14. The predicted octanol–water partition coefficient (Wildman–Crippen LogP) is 3.96. The highest BCUT2D eigenvalue weighted by molar-refractivity contribution is 5.91. The van der Waals surface area contributed by atoms with Gasteiger partial charge in [-0.15, -0.1) is 0 Å². The van der Waals surface area contributed by atoms with Crippen molar-refractivity contribution in [2.24, 2.45) is 0 Å². The number of aliphatic hydroxyl groups is 1. The summed E-state index contributed by atoms with van der Waals surface area (Å²) in [4.78, 5) is 20.3. The number of fused-ring (bicyclic) bond motifs is 1. The molecule has 1 unspecified atom stereocenters. The van der Waals surface area contributed by atoms with Gasteiger partial charge in [-0.05, 0) is 54.3 Å². The molecule has 2 aromatic carbocycles. The van der Waals surface area contributed by atoms with Crippen LogP contribution >= 0.6 is 0 Å². The highest BCUT2D eigenvalue weighted by Gasteiger charge is 2.09. The van der Waals surface area contributed by atoms with Crippen molar-refractivity contribution >= 4 is 28.4 Å². The molecule has 0 saturated carbocycles. The number of aromatic nitrogens is 2. The van der Waals surface area contributed by atoms with E-state index in [-0.39, 0.29) is 12.5 Å². The van der Waals surface area contributed by atoms with Crippen molar-refractivity contribution in [2.45, 2.75) is 39.8 Å². The first kappa shape index (κ1) is 18.8. The van der Waals surface area contributed by atoms with Crippen LogP contribution in [-0.4, -0.2) is 27.0 Å². The van der Waals surface area contributed by atoms with Gasteiger partial charge in [-0.1, -0.05) is 19.1 Å². The zero-order valence-electron chi connectivity index (χ0n) is 15.8. The van der Waals surface area contributed by atoms with Crippen LogP contribution in [-0.2, 0) is 11.4 Å². The van der Waals surface area contributed by atoms with Gasteiger partial charge in [-0.3, -0.25) is 4.79 Å². The molecule has 0 bridgehead atoms. The molecule has 1 heterocycles. The quantitative estimate of drug-likeness (QED) is 0.616. The lowest BCUT2D eigenvalue weighted by Crippen LogP contribution is -2.15.